The van der Waals surface area contributed by atoms with Crippen molar-refractivity contribution in [3.05, 3.63) is 58.7 Å². The Hall–Kier alpha value is -2.82. The van der Waals surface area contributed by atoms with Crippen molar-refractivity contribution in [1.82, 2.24) is 4.90 Å². The lowest BCUT2D eigenvalue weighted by atomic mass is 10.1. The number of anilines is 1. The highest BCUT2D eigenvalue weighted by molar-refractivity contribution is 6.01. The number of benzene rings is 2. The molecule has 2 aromatic rings. The van der Waals surface area contributed by atoms with Gasteiger partial charge in [0.25, 0.3) is 5.91 Å². The van der Waals surface area contributed by atoms with Gasteiger partial charge in [0, 0.05) is 12.7 Å². The lowest BCUT2D eigenvalue weighted by Crippen LogP contribution is -2.35. The molecule has 0 bridgehead atoms. The molecule has 2 N–H and O–H groups in total. The minimum absolute atomic E-state index is 0.0514. The van der Waals surface area contributed by atoms with Gasteiger partial charge in [0.05, 0.1) is 12.1 Å². The predicted molar refractivity (Wildman–Crippen MR) is 94.4 cm³/mol. The van der Waals surface area contributed by atoms with Crippen LogP contribution in [0.5, 0.6) is 5.75 Å². The normalized spacial score (nSPS) is 10.3. The molecule has 126 valence electrons. The minimum Gasteiger partial charge on any atom is -0.507 e. The average molecular weight is 326 g/mol. The number of nitrogens with one attached hydrogen (secondary N) is 1. The van der Waals surface area contributed by atoms with Gasteiger partial charge >= 0.3 is 0 Å². The zero-order chi connectivity index (χ0) is 17.9. The molecule has 0 unspecified atom stereocenters. The van der Waals surface area contributed by atoms with Gasteiger partial charge in [-0.25, -0.2) is 0 Å². The number of likely N-dealkylation sites (N-methyl/N-ethyl adjacent to an activating group) is 1. The Bertz CT molecular complexity index is 764. The molecule has 0 radical (unpaired) electrons. The molecule has 24 heavy (non-hydrogen) atoms. The number of carbonyl (C=O) groups excluding carboxylic acids is 2. The molecular weight excluding hydrogens is 304 g/mol. The van der Waals surface area contributed by atoms with Crippen LogP contribution in [0.15, 0.2) is 36.4 Å². The smallest absolute Gasteiger partial charge is 0.257 e. The van der Waals surface area contributed by atoms with Crippen molar-refractivity contribution in [2.45, 2.75) is 20.8 Å². The maximum Gasteiger partial charge on any atom is 0.257 e. The predicted octanol–water partition coefficient (Wildman–Crippen LogP) is 3.03. The van der Waals surface area contributed by atoms with Crippen LogP contribution in [-0.2, 0) is 4.79 Å². The Labute approximate surface area is 141 Å². The van der Waals surface area contributed by atoms with Crippen LogP contribution in [0.4, 0.5) is 5.69 Å². The molecule has 0 saturated carbocycles. The number of phenolic OH excluding ortho intramolecular Hbond substituents is 1. The van der Waals surface area contributed by atoms with E-state index in [1.807, 2.05) is 32.0 Å². The molecule has 0 fully saturated rings. The van der Waals surface area contributed by atoms with Crippen LogP contribution in [0, 0.1) is 20.8 Å². The number of amides is 2. The molecule has 0 aromatic heterocycles. The summed E-state index contributed by atoms with van der Waals surface area (Å²) < 4.78 is 0. The van der Waals surface area contributed by atoms with E-state index in [9.17, 15) is 14.7 Å². The van der Waals surface area contributed by atoms with Crippen molar-refractivity contribution in [1.29, 1.82) is 0 Å². The SMILES string of the molecule is Cc1cccc(C(=O)N(C)CC(=O)Nc2c(C)cccc2C)c1O. The second-order valence-corrected chi connectivity index (χ2v) is 5.95. The number of aryl methyl sites for hydroxylation is 3. The van der Waals surface area contributed by atoms with Gasteiger partial charge in [-0.1, -0.05) is 30.3 Å². The molecule has 2 aromatic carbocycles. The summed E-state index contributed by atoms with van der Waals surface area (Å²) in [6.45, 7) is 5.46. The number of rotatable bonds is 4. The second kappa shape index (κ2) is 7.17. The molecule has 0 atom stereocenters. The van der Waals surface area contributed by atoms with E-state index in [0.717, 1.165) is 16.8 Å². The molecule has 2 amide bonds. The van der Waals surface area contributed by atoms with E-state index in [-0.39, 0.29) is 23.8 Å². The van der Waals surface area contributed by atoms with Crippen LogP contribution >= 0.6 is 0 Å². The van der Waals surface area contributed by atoms with Crippen LogP contribution < -0.4 is 5.32 Å². The van der Waals surface area contributed by atoms with Crippen molar-refractivity contribution in [3.8, 4) is 5.75 Å². The average Bonchev–Trinajstić information content (AvgIpc) is 2.53. The summed E-state index contributed by atoms with van der Waals surface area (Å²) in [7, 11) is 1.54. The van der Waals surface area contributed by atoms with E-state index in [0.29, 0.717) is 5.56 Å². The summed E-state index contributed by atoms with van der Waals surface area (Å²) in [6.07, 6.45) is 0. The Morgan fingerprint density at radius 3 is 2.17 bits per heavy atom. The summed E-state index contributed by atoms with van der Waals surface area (Å²) in [5.74, 6) is -0.729. The highest BCUT2D eigenvalue weighted by Gasteiger charge is 2.19. The van der Waals surface area contributed by atoms with Gasteiger partial charge in [0.1, 0.15) is 5.75 Å². The van der Waals surface area contributed by atoms with Gasteiger partial charge in [0.15, 0.2) is 0 Å². The third kappa shape index (κ3) is 3.74. The van der Waals surface area contributed by atoms with E-state index < -0.39 is 5.91 Å². The zero-order valence-corrected chi connectivity index (χ0v) is 14.4. The maximum absolute atomic E-state index is 12.4. The van der Waals surface area contributed by atoms with Gasteiger partial charge in [-0.05, 0) is 43.5 Å². The number of hydrogen-bond donors (Lipinski definition) is 2. The molecule has 0 heterocycles. The van der Waals surface area contributed by atoms with Gasteiger partial charge < -0.3 is 15.3 Å². The Morgan fingerprint density at radius 2 is 1.54 bits per heavy atom. The van der Waals surface area contributed by atoms with Crippen LogP contribution in [0.2, 0.25) is 0 Å². The highest BCUT2D eigenvalue weighted by Crippen LogP contribution is 2.23. The number of para-hydroxylation sites is 2. The van der Waals surface area contributed by atoms with Crippen LogP contribution in [-0.4, -0.2) is 35.4 Å². The highest BCUT2D eigenvalue weighted by atomic mass is 16.3. The maximum atomic E-state index is 12.4. The molecule has 2 rings (SSSR count). The monoisotopic (exact) mass is 326 g/mol. The van der Waals surface area contributed by atoms with Gasteiger partial charge in [-0.15, -0.1) is 0 Å². The summed E-state index contributed by atoms with van der Waals surface area (Å²) in [5, 5.41) is 12.9. The first-order valence-corrected chi connectivity index (χ1v) is 7.71. The molecule has 5 nitrogen and oxygen atoms in total. The summed E-state index contributed by atoms with van der Waals surface area (Å²) in [4.78, 5) is 26.0. The van der Waals surface area contributed by atoms with Crippen molar-refractivity contribution in [3.63, 3.8) is 0 Å². The van der Waals surface area contributed by atoms with E-state index in [1.54, 1.807) is 25.1 Å². The van der Waals surface area contributed by atoms with E-state index in [2.05, 4.69) is 5.32 Å². The molecular formula is C19H22N2O3. The zero-order valence-electron chi connectivity index (χ0n) is 14.4. The second-order valence-electron chi connectivity index (χ2n) is 5.95. The minimum atomic E-state index is -0.396. The molecule has 0 saturated heterocycles. The molecule has 0 aliphatic heterocycles. The Morgan fingerprint density at radius 1 is 1.00 bits per heavy atom. The lowest BCUT2D eigenvalue weighted by Gasteiger charge is -2.19. The summed E-state index contributed by atoms with van der Waals surface area (Å²) in [5.41, 5.74) is 3.51. The fraction of sp³-hybridized carbons (Fsp3) is 0.263. The van der Waals surface area contributed by atoms with Crippen molar-refractivity contribution in [2.24, 2.45) is 0 Å². The van der Waals surface area contributed by atoms with Crippen molar-refractivity contribution in [2.75, 3.05) is 18.9 Å². The van der Waals surface area contributed by atoms with E-state index in [4.69, 9.17) is 0 Å². The first kappa shape index (κ1) is 17.5. The van der Waals surface area contributed by atoms with Crippen molar-refractivity contribution >= 4 is 17.5 Å². The van der Waals surface area contributed by atoms with Crippen LogP contribution in [0.1, 0.15) is 27.0 Å². The van der Waals surface area contributed by atoms with E-state index >= 15 is 0 Å². The number of phenols is 1. The van der Waals surface area contributed by atoms with Gasteiger partial charge in [0.2, 0.25) is 5.91 Å². The Kier molecular flexibility index (Phi) is 5.24. The number of nitrogens with zero attached hydrogens (tertiary/aromatic N) is 1. The van der Waals surface area contributed by atoms with Crippen molar-refractivity contribution < 1.29 is 14.7 Å². The summed E-state index contributed by atoms with van der Waals surface area (Å²) >= 11 is 0. The van der Waals surface area contributed by atoms with E-state index in [1.165, 1.54) is 11.9 Å². The summed E-state index contributed by atoms with van der Waals surface area (Å²) in [6, 6.07) is 10.7. The standard InChI is InChI=1S/C19H22N2O3/c1-12-7-5-8-13(2)17(12)20-16(22)11-21(4)19(24)15-10-6-9-14(3)18(15)23/h5-10,23H,11H2,1-4H3,(H,20,22). The number of carbonyl (C=O) groups is 2. The first-order chi connectivity index (χ1) is 11.3. The number of aromatic hydroxyl groups is 1. The topological polar surface area (TPSA) is 69.6 Å². The lowest BCUT2D eigenvalue weighted by molar-refractivity contribution is -0.116. The Balaban J connectivity index is 2.09. The molecule has 0 aliphatic rings. The molecule has 5 heteroatoms. The fourth-order valence-electron chi connectivity index (χ4n) is 2.51. The third-order valence-corrected chi connectivity index (χ3v) is 3.94. The third-order valence-electron chi connectivity index (χ3n) is 3.94. The van der Waals surface area contributed by atoms with Gasteiger partial charge in [-0.2, -0.15) is 0 Å². The molecule has 0 spiro atoms. The quantitative estimate of drug-likeness (QED) is 0.907. The number of hydrogen-bond acceptors (Lipinski definition) is 3. The first-order valence-electron chi connectivity index (χ1n) is 7.71. The van der Waals surface area contributed by atoms with Crippen LogP contribution in [0.25, 0.3) is 0 Å². The van der Waals surface area contributed by atoms with Gasteiger partial charge in [-0.3, -0.25) is 9.59 Å². The fourth-order valence-corrected chi connectivity index (χ4v) is 2.51. The largest absolute Gasteiger partial charge is 0.507 e. The molecule has 0 aliphatic carbocycles. The van der Waals surface area contributed by atoms with Crippen LogP contribution in [0.3, 0.4) is 0 Å².